The van der Waals surface area contributed by atoms with E-state index in [9.17, 15) is 0 Å². The van der Waals surface area contributed by atoms with Gasteiger partial charge < -0.3 is 10.2 Å². The summed E-state index contributed by atoms with van der Waals surface area (Å²) in [7, 11) is 4.11. The normalized spacial score (nSPS) is 12.0. The molecule has 20 heavy (non-hydrogen) atoms. The first kappa shape index (κ1) is 14.9. The molecule has 1 atom stereocenters. The van der Waals surface area contributed by atoms with Gasteiger partial charge in [0.05, 0.1) is 6.04 Å². The van der Waals surface area contributed by atoms with Gasteiger partial charge in [-0.05, 0) is 48.4 Å². The van der Waals surface area contributed by atoms with Crippen molar-refractivity contribution in [3.8, 4) is 0 Å². The minimum absolute atomic E-state index is 0.341. The summed E-state index contributed by atoms with van der Waals surface area (Å²) in [5.74, 6) is 0. The predicted molar refractivity (Wildman–Crippen MR) is 91.6 cm³/mol. The van der Waals surface area contributed by atoms with Gasteiger partial charge in [0.1, 0.15) is 0 Å². The average Bonchev–Trinajstić information content (AvgIpc) is 2.46. The van der Waals surface area contributed by atoms with Gasteiger partial charge in [0.2, 0.25) is 0 Å². The lowest BCUT2D eigenvalue weighted by atomic mass is 10.0. The van der Waals surface area contributed by atoms with Crippen LogP contribution in [0.3, 0.4) is 0 Å². The van der Waals surface area contributed by atoms with Crippen molar-refractivity contribution in [2.24, 2.45) is 0 Å². The number of hydrogen-bond acceptors (Lipinski definition) is 2. The van der Waals surface area contributed by atoms with Crippen molar-refractivity contribution >= 4 is 27.3 Å². The van der Waals surface area contributed by atoms with Gasteiger partial charge in [0.25, 0.3) is 0 Å². The molecule has 3 heteroatoms. The summed E-state index contributed by atoms with van der Waals surface area (Å²) in [4.78, 5) is 2.11. The lowest BCUT2D eigenvalue weighted by Gasteiger charge is -2.20. The minimum atomic E-state index is 0.341. The molecule has 0 radical (unpaired) electrons. The Labute approximate surface area is 129 Å². The molecule has 2 aromatic rings. The van der Waals surface area contributed by atoms with Gasteiger partial charge in [-0.25, -0.2) is 0 Å². The van der Waals surface area contributed by atoms with Crippen LogP contribution in [-0.4, -0.2) is 14.1 Å². The monoisotopic (exact) mass is 332 g/mol. The van der Waals surface area contributed by atoms with E-state index in [1.165, 1.54) is 11.3 Å². The van der Waals surface area contributed by atoms with E-state index in [1.807, 2.05) is 0 Å². The lowest BCUT2D eigenvalue weighted by molar-refractivity contribution is 0.749. The van der Waals surface area contributed by atoms with Crippen LogP contribution in [0.5, 0.6) is 0 Å². The van der Waals surface area contributed by atoms with Gasteiger partial charge in [0, 0.05) is 29.9 Å². The second-order valence-electron chi connectivity index (χ2n) is 5.10. The number of nitrogens with zero attached hydrogens (tertiary/aromatic N) is 1. The molecule has 0 saturated heterocycles. The third-order valence-electron chi connectivity index (χ3n) is 3.41. The van der Waals surface area contributed by atoms with Gasteiger partial charge >= 0.3 is 0 Å². The molecule has 0 saturated carbocycles. The number of benzene rings is 2. The van der Waals surface area contributed by atoms with E-state index in [0.717, 1.165) is 16.6 Å². The van der Waals surface area contributed by atoms with Crippen LogP contribution in [-0.2, 0) is 0 Å². The highest BCUT2D eigenvalue weighted by Gasteiger charge is 2.09. The Morgan fingerprint density at radius 2 is 1.60 bits per heavy atom. The van der Waals surface area contributed by atoms with Gasteiger partial charge in [-0.1, -0.05) is 35.0 Å². The molecule has 0 aromatic heterocycles. The Hall–Kier alpha value is -1.48. The van der Waals surface area contributed by atoms with Crippen molar-refractivity contribution in [2.75, 3.05) is 24.3 Å². The fourth-order valence-corrected chi connectivity index (χ4v) is 2.44. The van der Waals surface area contributed by atoms with Crippen LogP contribution in [0.15, 0.2) is 53.0 Å². The smallest absolute Gasteiger partial charge is 0.0511 e. The fourth-order valence-electron chi connectivity index (χ4n) is 2.17. The Morgan fingerprint density at radius 3 is 2.10 bits per heavy atom. The molecular formula is C17H21BrN2. The maximum Gasteiger partial charge on any atom is 0.0511 e. The molecule has 106 valence electrons. The van der Waals surface area contributed by atoms with Crippen molar-refractivity contribution in [3.63, 3.8) is 0 Å². The minimum Gasteiger partial charge on any atom is -0.378 e. The van der Waals surface area contributed by atoms with Crippen LogP contribution in [0.25, 0.3) is 0 Å². The van der Waals surface area contributed by atoms with Crippen LogP contribution in [0.1, 0.15) is 24.9 Å². The fraction of sp³-hybridized carbons (Fsp3) is 0.294. The molecule has 0 amide bonds. The van der Waals surface area contributed by atoms with Gasteiger partial charge in [-0.2, -0.15) is 0 Å². The van der Waals surface area contributed by atoms with Crippen LogP contribution in [0.2, 0.25) is 0 Å². The van der Waals surface area contributed by atoms with Crippen molar-refractivity contribution in [2.45, 2.75) is 19.4 Å². The molecule has 1 unspecified atom stereocenters. The van der Waals surface area contributed by atoms with E-state index in [2.05, 4.69) is 95.7 Å². The molecular weight excluding hydrogens is 312 g/mol. The highest BCUT2D eigenvalue weighted by molar-refractivity contribution is 9.10. The number of anilines is 2. The van der Waals surface area contributed by atoms with E-state index in [0.29, 0.717) is 6.04 Å². The van der Waals surface area contributed by atoms with E-state index in [4.69, 9.17) is 0 Å². The molecule has 0 spiro atoms. The van der Waals surface area contributed by atoms with E-state index in [-0.39, 0.29) is 0 Å². The average molecular weight is 333 g/mol. The van der Waals surface area contributed by atoms with Crippen molar-refractivity contribution < 1.29 is 0 Å². The number of halogens is 1. The topological polar surface area (TPSA) is 15.3 Å². The maximum atomic E-state index is 3.60. The van der Waals surface area contributed by atoms with Crippen LogP contribution >= 0.6 is 15.9 Å². The molecule has 0 heterocycles. The van der Waals surface area contributed by atoms with E-state index >= 15 is 0 Å². The molecule has 2 rings (SSSR count). The summed E-state index contributed by atoms with van der Waals surface area (Å²) >= 11 is 3.48. The first-order valence-electron chi connectivity index (χ1n) is 6.89. The summed E-state index contributed by atoms with van der Waals surface area (Å²) < 4.78 is 1.12. The van der Waals surface area contributed by atoms with Crippen molar-refractivity contribution in [1.82, 2.24) is 0 Å². The van der Waals surface area contributed by atoms with Crippen molar-refractivity contribution in [1.29, 1.82) is 0 Å². The molecule has 0 fully saturated rings. The first-order valence-corrected chi connectivity index (χ1v) is 7.69. The SMILES string of the molecule is CCC(Nc1ccc(N(C)C)cc1)c1ccc(Br)cc1. The molecule has 0 bridgehead atoms. The summed E-state index contributed by atoms with van der Waals surface area (Å²) in [6, 6.07) is 17.4. The van der Waals surface area contributed by atoms with Crippen LogP contribution < -0.4 is 10.2 Å². The lowest BCUT2D eigenvalue weighted by Crippen LogP contribution is -2.11. The number of hydrogen-bond donors (Lipinski definition) is 1. The zero-order valence-electron chi connectivity index (χ0n) is 12.2. The third kappa shape index (κ3) is 3.76. The maximum absolute atomic E-state index is 3.60. The zero-order chi connectivity index (χ0) is 14.5. The van der Waals surface area contributed by atoms with Gasteiger partial charge in [0.15, 0.2) is 0 Å². The largest absolute Gasteiger partial charge is 0.378 e. The quantitative estimate of drug-likeness (QED) is 0.821. The predicted octanol–water partition coefficient (Wildman–Crippen LogP) is 5.08. The standard InChI is InChI=1S/C17H21BrN2/c1-4-17(13-5-7-14(18)8-6-13)19-15-9-11-16(12-10-15)20(2)3/h5-12,17,19H,4H2,1-3H3. The third-order valence-corrected chi connectivity index (χ3v) is 3.93. The summed E-state index contributed by atoms with van der Waals surface area (Å²) in [5.41, 5.74) is 3.69. The molecule has 0 aliphatic heterocycles. The highest BCUT2D eigenvalue weighted by Crippen LogP contribution is 2.25. The first-order chi connectivity index (χ1) is 9.60. The molecule has 2 nitrogen and oxygen atoms in total. The van der Waals surface area contributed by atoms with Gasteiger partial charge in [-0.15, -0.1) is 0 Å². The number of rotatable bonds is 5. The van der Waals surface area contributed by atoms with Crippen molar-refractivity contribution in [3.05, 3.63) is 58.6 Å². The zero-order valence-corrected chi connectivity index (χ0v) is 13.8. The van der Waals surface area contributed by atoms with Crippen LogP contribution in [0, 0.1) is 0 Å². The summed E-state index contributed by atoms with van der Waals surface area (Å²) in [6.45, 7) is 2.20. The van der Waals surface area contributed by atoms with Gasteiger partial charge in [-0.3, -0.25) is 0 Å². The Balaban J connectivity index is 2.11. The highest BCUT2D eigenvalue weighted by atomic mass is 79.9. The molecule has 0 aliphatic carbocycles. The summed E-state index contributed by atoms with van der Waals surface area (Å²) in [6.07, 6.45) is 1.05. The Morgan fingerprint density at radius 1 is 1.00 bits per heavy atom. The Bertz CT molecular complexity index is 532. The second kappa shape index (κ2) is 6.80. The van der Waals surface area contributed by atoms with E-state index < -0.39 is 0 Å². The van der Waals surface area contributed by atoms with Crippen LogP contribution in [0.4, 0.5) is 11.4 Å². The summed E-state index contributed by atoms with van der Waals surface area (Å²) in [5, 5.41) is 3.60. The number of nitrogens with one attached hydrogen (secondary N) is 1. The molecule has 0 aliphatic rings. The van der Waals surface area contributed by atoms with E-state index in [1.54, 1.807) is 0 Å². The molecule has 1 N–H and O–H groups in total. The Kier molecular flexibility index (Phi) is 5.07. The second-order valence-corrected chi connectivity index (χ2v) is 6.01. The molecule has 2 aromatic carbocycles.